The highest BCUT2D eigenvalue weighted by Gasteiger charge is 2.21. The quantitative estimate of drug-likeness (QED) is 0.665. The Morgan fingerprint density at radius 1 is 1.43 bits per heavy atom. The molecule has 8 heteroatoms. The van der Waals surface area contributed by atoms with Crippen molar-refractivity contribution in [3.8, 4) is 0 Å². The van der Waals surface area contributed by atoms with Crippen LogP contribution in [-0.4, -0.2) is 15.8 Å². The summed E-state index contributed by atoms with van der Waals surface area (Å²) in [6.07, 6.45) is 0.905. The lowest BCUT2D eigenvalue weighted by Crippen LogP contribution is -2.15. The largest absolute Gasteiger partial charge is 0.384 e. The second-order valence-corrected chi connectivity index (χ2v) is 4.30. The number of amides is 1. The van der Waals surface area contributed by atoms with Gasteiger partial charge in [-0.05, 0) is 30.7 Å². The van der Waals surface area contributed by atoms with Gasteiger partial charge in [0.15, 0.2) is 0 Å². The van der Waals surface area contributed by atoms with Crippen LogP contribution in [0, 0.1) is 22.9 Å². The van der Waals surface area contributed by atoms with Crippen LogP contribution in [0.25, 0.3) is 0 Å². The number of nitrogens with two attached hydrogens (primary N) is 1. The Morgan fingerprint density at radius 2 is 2.14 bits per heavy atom. The SMILES string of the molecule is Cc1ccc(F)cc1NC(=O)c1cc(N)ncc1[N+](=O)[O-]. The highest BCUT2D eigenvalue weighted by Crippen LogP contribution is 2.22. The van der Waals surface area contributed by atoms with Crippen LogP contribution in [0.2, 0.25) is 0 Å². The maximum absolute atomic E-state index is 13.2. The van der Waals surface area contributed by atoms with Crippen molar-refractivity contribution >= 4 is 23.1 Å². The molecule has 0 aliphatic carbocycles. The van der Waals surface area contributed by atoms with Crippen molar-refractivity contribution in [1.29, 1.82) is 0 Å². The smallest absolute Gasteiger partial charge is 0.300 e. The molecule has 0 radical (unpaired) electrons. The normalized spacial score (nSPS) is 10.2. The third-order valence-electron chi connectivity index (χ3n) is 2.79. The van der Waals surface area contributed by atoms with E-state index in [1.165, 1.54) is 12.1 Å². The molecule has 7 nitrogen and oxygen atoms in total. The van der Waals surface area contributed by atoms with E-state index in [2.05, 4.69) is 10.3 Å². The molecule has 1 heterocycles. The Labute approximate surface area is 118 Å². The first-order valence-corrected chi connectivity index (χ1v) is 5.86. The van der Waals surface area contributed by atoms with Crippen LogP contribution < -0.4 is 11.1 Å². The monoisotopic (exact) mass is 290 g/mol. The zero-order valence-electron chi connectivity index (χ0n) is 11.0. The first-order valence-electron chi connectivity index (χ1n) is 5.86. The number of nitrogen functional groups attached to an aromatic ring is 1. The second-order valence-electron chi connectivity index (χ2n) is 4.30. The van der Waals surface area contributed by atoms with E-state index in [0.29, 0.717) is 5.56 Å². The number of carbonyl (C=O) groups excluding carboxylic acids is 1. The second kappa shape index (κ2) is 5.53. The van der Waals surface area contributed by atoms with E-state index >= 15 is 0 Å². The molecule has 21 heavy (non-hydrogen) atoms. The van der Waals surface area contributed by atoms with Gasteiger partial charge < -0.3 is 11.1 Å². The van der Waals surface area contributed by atoms with Crippen molar-refractivity contribution in [2.45, 2.75) is 6.92 Å². The molecule has 0 bridgehead atoms. The van der Waals surface area contributed by atoms with Crippen molar-refractivity contribution in [3.63, 3.8) is 0 Å². The van der Waals surface area contributed by atoms with Crippen molar-refractivity contribution in [3.05, 3.63) is 57.5 Å². The number of rotatable bonds is 3. The number of pyridine rings is 1. The van der Waals surface area contributed by atoms with Gasteiger partial charge in [-0.25, -0.2) is 9.37 Å². The molecule has 0 fully saturated rings. The highest BCUT2D eigenvalue weighted by molar-refractivity contribution is 6.07. The average molecular weight is 290 g/mol. The van der Waals surface area contributed by atoms with E-state index in [1.54, 1.807) is 6.92 Å². The molecule has 0 atom stereocenters. The van der Waals surface area contributed by atoms with Gasteiger partial charge in [-0.2, -0.15) is 0 Å². The minimum absolute atomic E-state index is 0.0262. The van der Waals surface area contributed by atoms with Gasteiger partial charge in [-0.15, -0.1) is 0 Å². The number of nitro groups is 1. The van der Waals surface area contributed by atoms with Crippen LogP contribution in [0.1, 0.15) is 15.9 Å². The van der Waals surface area contributed by atoms with Crippen molar-refractivity contribution < 1.29 is 14.1 Å². The first-order chi connectivity index (χ1) is 9.88. The minimum atomic E-state index is -0.760. The van der Waals surface area contributed by atoms with Crippen molar-refractivity contribution in [1.82, 2.24) is 4.98 Å². The fourth-order valence-corrected chi connectivity index (χ4v) is 1.71. The molecule has 1 aromatic heterocycles. The lowest BCUT2D eigenvalue weighted by Gasteiger charge is -2.09. The molecule has 2 aromatic rings. The van der Waals surface area contributed by atoms with Gasteiger partial charge in [0.2, 0.25) is 0 Å². The van der Waals surface area contributed by atoms with Crippen molar-refractivity contribution in [2.75, 3.05) is 11.1 Å². The molecule has 108 valence electrons. The summed E-state index contributed by atoms with van der Waals surface area (Å²) in [6.45, 7) is 1.67. The molecule has 0 aliphatic rings. The van der Waals surface area contributed by atoms with Gasteiger partial charge in [0.1, 0.15) is 23.4 Å². The molecule has 0 spiro atoms. The van der Waals surface area contributed by atoms with E-state index in [9.17, 15) is 19.3 Å². The third-order valence-corrected chi connectivity index (χ3v) is 2.79. The molecule has 0 unspecified atom stereocenters. The summed E-state index contributed by atoms with van der Waals surface area (Å²) in [6, 6.07) is 4.96. The molecule has 2 rings (SSSR count). The number of anilines is 2. The predicted molar refractivity (Wildman–Crippen MR) is 74.4 cm³/mol. The Kier molecular flexibility index (Phi) is 3.79. The van der Waals surface area contributed by atoms with Gasteiger partial charge in [-0.3, -0.25) is 14.9 Å². The van der Waals surface area contributed by atoms with Crippen molar-refractivity contribution in [2.24, 2.45) is 0 Å². The van der Waals surface area contributed by atoms with E-state index in [0.717, 1.165) is 18.3 Å². The minimum Gasteiger partial charge on any atom is -0.384 e. The molecule has 0 saturated carbocycles. The number of hydrogen-bond acceptors (Lipinski definition) is 5. The Morgan fingerprint density at radius 3 is 2.81 bits per heavy atom. The lowest BCUT2D eigenvalue weighted by molar-refractivity contribution is -0.385. The first kappa shape index (κ1) is 14.4. The summed E-state index contributed by atoms with van der Waals surface area (Å²) in [7, 11) is 0. The molecule has 1 amide bonds. The van der Waals surface area contributed by atoms with Gasteiger partial charge >= 0.3 is 0 Å². The summed E-state index contributed by atoms with van der Waals surface area (Å²) in [5.41, 5.74) is 5.57. The number of nitrogens with zero attached hydrogens (tertiary/aromatic N) is 2. The van der Waals surface area contributed by atoms with Crippen LogP contribution in [-0.2, 0) is 0 Å². The highest BCUT2D eigenvalue weighted by atomic mass is 19.1. The number of benzene rings is 1. The predicted octanol–water partition coefficient (Wildman–Crippen LogP) is 2.27. The standard InChI is InChI=1S/C13H11FN4O3/c1-7-2-3-8(14)4-10(7)17-13(19)9-5-12(15)16-6-11(9)18(20)21/h2-6H,1H3,(H2,15,16)(H,17,19). The molecule has 3 N–H and O–H groups in total. The summed E-state index contributed by atoms with van der Waals surface area (Å²) < 4.78 is 13.2. The van der Waals surface area contributed by atoms with Gasteiger partial charge in [0, 0.05) is 5.69 Å². The third kappa shape index (κ3) is 3.11. The van der Waals surface area contributed by atoms with E-state index < -0.39 is 22.3 Å². The van der Waals surface area contributed by atoms with Crippen LogP contribution >= 0.6 is 0 Å². The lowest BCUT2D eigenvalue weighted by atomic mass is 10.1. The maximum atomic E-state index is 13.2. The van der Waals surface area contributed by atoms with Gasteiger partial charge in [0.05, 0.1) is 4.92 Å². The molecular weight excluding hydrogens is 279 g/mol. The number of halogens is 1. The molecular formula is C13H11FN4O3. The topological polar surface area (TPSA) is 111 Å². The average Bonchev–Trinajstić information content (AvgIpc) is 2.42. The van der Waals surface area contributed by atoms with Gasteiger partial charge in [0.25, 0.3) is 11.6 Å². The number of nitrogens with one attached hydrogen (secondary N) is 1. The summed E-state index contributed by atoms with van der Waals surface area (Å²) in [5.74, 6) is -1.31. The van der Waals surface area contributed by atoms with E-state index in [4.69, 9.17) is 5.73 Å². The Bertz CT molecular complexity index is 733. The van der Waals surface area contributed by atoms with E-state index in [1.807, 2.05) is 0 Å². The Balaban J connectivity index is 2.39. The van der Waals surface area contributed by atoms with Crippen LogP contribution in [0.15, 0.2) is 30.5 Å². The molecule has 0 aliphatic heterocycles. The molecule has 0 saturated heterocycles. The van der Waals surface area contributed by atoms with E-state index in [-0.39, 0.29) is 17.1 Å². The summed E-state index contributed by atoms with van der Waals surface area (Å²) >= 11 is 0. The van der Waals surface area contributed by atoms with Crippen LogP contribution in [0.4, 0.5) is 21.6 Å². The zero-order chi connectivity index (χ0) is 15.6. The Hall–Kier alpha value is -3.03. The maximum Gasteiger partial charge on any atom is 0.300 e. The molecule has 1 aromatic carbocycles. The number of aryl methyl sites for hydroxylation is 1. The zero-order valence-corrected chi connectivity index (χ0v) is 11.0. The van der Waals surface area contributed by atoms with Gasteiger partial charge in [-0.1, -0.05) is 6.07 Å². The fraction of sp³-hybridized carbons (Fsp3) is 0.0769. The summed E-state index contributed by atoms with van der Waals surface area (Å²) in [4.78, 5) is 25.9. The summed E-state index contributed by atoms with van der Waals surface area (Å²) in [5, 5.41) is 13.3. The van der Waals surface area contributed by atoms with Crippen LogP contribution in [0.3, 0.4) is 0 Å². The fourth-order valence-electron chi connectivity index (χ4n) is 1.71. The number of carbonyl (C=O) groups is 1. The number of hydrogen-bond donors (Lipinski definition) is 2. The number of aromatic nitrogens is 1. The van der Waals surface area contributed by atoms with Crippen LogP contribution in [0.5, 0.6) is 0 Å².